The monoisotopic (exact) mass is 252 g/mol. The number of hydrogen-bond acceptors (Lipinski definition) is 2. The van der Waals surface area contributed by atoms with Crippen LogP contribution in [0, 0.1) is 5.82 Å². The number of benzene rings is 1. The SMILES string of the molecule is O=C(O)c1ccc(F)cc1NC(=O)N1CCCC1. The summed E-state index contributed by atoms with van der Waals surface area (Å²) in [5.74, 6) is -1.79. The maximum Gasteiger partial charge on any atom is 0.337 e. The Labute approximate surface area is 103 Å². The van der Waals surface area contributed by atoms with Crippen molar-refractivity contribution in [3.8, 4) is 0 Å². The first kappa shape index (κ1) is 12.3. The van der Waals surface area contributed by atoms with Crippen molar-refractivity contribution < 1.29 is 19.1 Å². The fourth-order valence-electron chi connectivity index (χ4n) is 1.92. The molecule has 0 atom stereocenters. The van der Waals surface area contributed by atoms with E-state index in [9.17, 15) is 14.0 Å². The highest BCUT2D eigenvalue weighted by atomic mass is 19.1. The number of nitrogens with one attached hydrogen (secondary N) is 1. The van der Waals surface area contributed by atoms with Gasteiger partial charge in [-0.25, -0.2) is 14.0 Å². The van der Waals surface area contributed by atoms with E-state index in [1.807, 2.05) is 0 Å². The van der Waals surface area contributed by atoms with Crippen molar-refractivity contribution in [2.45, 2.75) is 12.8 Å². The smallest absolute Gasteiger partial charge is 0.337 e. The second kappa shape index (κ2) is 5.03. The van der Waals surface area contributed by atoms with Gasteiger partial charge in [-0.15, -0.1) is 0 Å². The van der Waals surface area contributed by atoms with E-state index in [-0.39, 0.29) is 17.3 Å². The van der Waals surface area contributed by atoms with Gasteiger partial charge >= 0.3 is 12.0 Å². The number of carboxylic acids is 1. The number of anilines is 1. The minimum Gasteiger partial charge on any atom is -0.478 e. The molecular formula is C12H13FN2O3. The van der Waals surface area contributed by atoms with Gasteiger partial charge in [0, 0.05) is 13.1 Å². The van der Waals surface area contributed by atoms with Crippen LogP contribution < -0.4 is 5.32 Å². The van der Waals surface area contributed by atoms with Crippen LogP contribution in [-0.2, 0) is 0 Å². The molecule has 2 rings (SSSR count). The number of halogens is 1. The number of amides is 2. The first-order valence-electron chi connectivity index (χ1n) is 5.66. The van der Waals surface area contributed by atoms with Crippen molar-refractivity contribution in [1.82, 2.24) is 4.90 Å². The van der Waals surface area contributed by atoms with E-state index >= 15 is 0 Å². The third-order valence-electron chi connectivity index (χ3n) is 2.85. The first-order chi connectivity index (χ1) is 8.58. The summed E-state index contributed by atoms with van der Waals surface area (Å²) in [6.45, 7) is 1.28. The molecule has 1 fully saturated rings. The Morgan fingerprint density at radius 2 is 1.94 bits per heavy atom. The van der Waals surface area contributed by atoms with Crippen LogP contribution >= 0.6 is 0 Å². The molecule has 0 bridgehead atoms. The van der Waals surface area contributed by atoms with Crippen molar-refractivity contribution in [2.75, 3.05) is 18.4 Å². The zero-order valence-electron chi connectivity index (χ0n) is 9.65. The topological polar surface area (TPSA) is 69.6 Å². The van der Waals surface area contributed by atoms with Crippen LogP contribution in [0.25, 0.3) is 0 Å². The molecule has 0 radical (unpaired) electrons. The molecule has 1 aliphatic heterocycles. The average molecular weight is 252 g/mol. The highest BCUT2D eigenvalue weighted by Crippen LogP contribution is 2.19. The summed E-state index contributed by atoms with van der Waals surface area (Å²) in [7, 11) is 0. The molecule has 1 saturated heterocycles. The zero-order chi connectivity index (χ0) is 13.1. The summed E-state index contributed by atoms with van der Waals surface area (Å²) in [6, 6.07) is 2.81. The number of carbonyl (C=O) groups is 2. The van der Waals surface area contributed by atoms with Crippen molar-refractivity contribution in [2.24, 2.45) is 0 Å². The summed E-state index contributed by atoms with van der Waals surface area (Å²) in [4.78, 5) is 24.3. The largest absolute Gasteiger partial charge is 0.478 e. The molecule has 0 aliphatic carbocycles. The molecule has 2 amide bonds. The number of aromatic carboxylic acids is 1. The van der Waals surface area contributed by atoms with Gasteiger partial charge in [0.15, 0.2) is 0 Å². The van der Waals surface area contributed by atoms with Gasteiger partial charge in [0.1, 0.15) is 5.82 Å². The van der Waals surface area contributed by atoms with Crippen molar-refractivity contribution in [3.63, 3.8) is 0 Å². The number of carbonyl (C=O) groups excluding carboxylic acids is 1. The summed E-state index contributed by atoms with van der Waals surface area (Å²) in [6.07, 6.45) is 1.87. The predicted molar refractivity (Wildman–Crippen MR) is 63.2 cm³/mol. The van der Waals surface area contributed by atoms with Gasteiger partial charge in [0.25, 0.3) is 0 Å². The van der Waals surface area contributed by atoms with Crippen LogP contribution in [0.15, 0.2) is 18.2 Å². The number of rotatable bonds is 2. The molecular weight excluding hydrogens is 239 g/mol. The highest BCUT2D eigenvalue weighted by molar-refractivity contribution is 6.00. The lowest BCUT2D eigenvalue weighted by atomic mass is 10.2. The van der Waals surface area contributed by atoms with Crippen molar-refractivity contribution in [3.05, 3.63) is 29.6 Å². The molecule has 1 heterocycles. The lowest BCUT2D eigenvalue weighted by Crippen LogP contribution is -2.32. The van der Waals surface area contributed by atoms with Crippen LogP contribution in [0.5, 0.6) is 0 Å². The summed E-state index contributed by atoms with van der Waals surface area (Å²) in [5.41, 5.74) is -0.136. The second-order valence-electron chi connectivity index (χ2n) is 4.12. The van der Waals surface area contributed by atoms with Crippen LogP contribution in [-0.4, -0.2) is 35.1 Å². The number of carboxylic acid groups (broad SMARTS) is 1. The predicted octanol–water partition coefficient (Wildman–Crippen LogP) is 2.15. The molecule has 0 aromatic heterocycles. The van der Waals surface area contributed by atoms with Crippen LogP contribution in [0.1, 0.15) is 23.2 Å². The average Bonchev–Trinajstić information content (AvgIpc) is 2.81. The van der Waals surface area contributed by atoms with Gasteiger partial charge in [-0.1, -0.05) is 0 Å². The van der Waals surface area contributed by atoms with Gasteiger partial charge in [0.05, 0.1) is 11.3 Å². The highest BCUT2D eigenvalue weighted by Gasteiger charge is 2.20. The number of likely N-dealkylation sites (tertiary alicyclic amines) is 1. The second-order valence-corrected chi connectivity index (χ2v) is 4.12. The number of nitrogens with zero attached hydrogens (tertiary/aromatic N) is 1. The van der Waals surface area contributed by atoms with Gasteiger partial charge in [0.2, 0.25) is 0 Å². The van der Waals surface area contributed by atoms with E-state index < -0.39 is 11.8 Å². The molecule has 1 aromatic carbocycles. The van der Waals surface area contributed by atoms with Gasteiger partial charge < -0.3 is 15.3 Å². The van der Waals surface area contributed by atoms with E-state index in [4.69, 9.17) is 5.11 Å². The minimum atomic E-state index is -1.20. The molecule has 0 saturated carbocycles. The quantitative estimate of drug-likeness (QED) is 0.847. The van der Waals surface area contributed by atoms with Crippen LogP contribution in [0.2, 0.25) is 0 Å². The van der Waals surface area contributed by atoms with Crippen LogP contribution in [0.4, 0.5) is 14.9 Å². The Morgan fingerprint density at radius 1 is 1.28 bits per heavy atom. The Hall–Kier alpha value is -2.11. The van der Waals surface area contributed by atoms with Gasteiger partial charge in [-0.05, 0) is 31.0 Å². The number of urea groups is 1. The third-order valence-corrected chi connectivity index (χ3v) is 2.85. The molecule has 1 aromatic rings. The number of hydrogen-bond donors (Lipinski definition) is 2. The Bertz CT molecular complexity index is 484. The van der Waals surface area contributed by atoms with Crippen LogP contribution in [0.3, 0.4) is 0 Å². The molecule has 0 spiro atoms. The van der Waals surface area contributed by atoms with Gasteiger partial charge in [-0.2, -0.15) is 0 Å². The minimum absolute atomic E-state index is 0.0144. The molecule has 18 heavy (non-hydrogen) atoms. The van der Waals surface area contributed by atoms with E-state index in [0.717, 1.165) is 31.0 Å². The van der Waals surface area contributed by atoms with Crippen molar-refractivity contribution in [1.29, 1.82) is 0 Å². The lowest BCUT2D eigenvalue weighted by Gasteiger charge is -2.17. The Morgan fingerprint density at radius 3 is 2.56 bits per heavy atom. The maximum atomic E-state index is 13.1. The maximum absolute atomic E-state index is 13.1. The molecule has 6 heteroatoms. The molecule has 1 aliphatic rings. The van der Waals surface area contributed by atoms with E-state index in [2.05, 4.69) is 5.32 Å². The summed E-state index contributed by atoms with van der Waals surface area (Å²) >= 11 is 0. The molecule has 5 nitrogen and oxygen atoms in total. The molecule has 96 valence electrons. The van der Waals surface area contributed by atoms with E-state index in [0.29, 0.717) is 13.1 Å². The normalized spacial score (nSPS) is 14.6. The fourth-order valence-corrected chi connectivity index (χ4v) is 1.92. The summed E-state index contributed by atoms with van der Waals surface area (Å²) < 4.78 is 13.1. The fraction of sp³-hybridized carbons (Fsp3) is 0.333. The lowest BCUT2D eigenvalue weighted by molar-refractivity contribution is 0.0698. The van der Waals surface area contributed by atoms with E-state index in [1.54, 1.807) is 4.90 Å². The van der Waals surface area contributed by atoms with Crippen molar-refractivity contribution >= 4 is 17.7 Å². The zero-order valence-corrected chi connectivity index (χ0v) is 9.65. The van der Waals surface area contributed by atoms with Gasteiger partial charge in [-0.3, -0.25) is 0 Å². The standard InChI is InChI=1S/C12H13FN2O3/c13-8-3-4-9(11(16)17)10(7-8)14-12(18)15-5-1-2-6-15/h3-4,7H,1-2,5-6H2,(H,14,18)(H,16,17). The first-order valence-corrected chi connectivity index (χ1v) is 5.66. The van der Waals surface area contributed by atoms with E-state index in [1.165, 1.54) is 0 Å². The molecule has 2 N–H and O–H groups in total. The Kier molecular flexibility index (Phi) is 3.45. The third kappa shape index (κ3) is 2.58. The molecule has 0 unspecified atom stereocenters. The summed E-state index contributed by atoms with van der Waals surface area (Å²) in [5, 5.41) is 11.4. The Balaban J connectivity index is 2.19.